The Bertz CT molecular complexity index is 1870. The summed E-state index contributed by atoms with van der Waals surface area (Å²) < 4.78 is 0. The molecule has 254 valence electrons. The summed E-state index contributed by atoms with van der Waals surface area (Å²) in [5, 5.41) is 11.1. The molecule has 49 heavy (non-hydrogen) atoms. The van der Waals surface area contributed by atoms with Crippen LogP contribution >= 0.6 is 0 Å². The van der Waals surface area contributed by atoms with E-state index in [0.717, 1.165) is 48.5 Å². The van der Waals surface area contributed by atoms with Crippen LogP contribution in [0, 0.1) is 23.2 Å². The third-order valence-electron chi connectivity index (χ3n) is 13.9. The lowest BCUT2D eigenvalue weighted by Gasteiger charge is -2.36. The van der Waals surface area contributed by atoms with Gasteiger partial charge in [-0.1, -0.05) is 48.8 Å². The molecule has 5 aliphatic carbocycles. The van der Waals surface area contributed by atoms with Gasteiger partial charge in [-0.15, -0.1) is 0 Å². The van der Waals surface area contributed by atoms with Crippen molar-refractivity contribution >= 4 is 29.0 Å². The molecular formula is C43H52N6. The predicted molar refractivity (Wildman–Crippen MR) is 200 cm³/mol. The average Bonchev–Trinajstić information content (AvgIpc) is 3.98. The largest absolute Gasteiger partial charge is 0.382 e. The van der Waals surface area contributed by atoms with E-state index >= 15 is 0 Å². The van der Waals surface area contributed by atoms with Crippen LogP contribution in [0.4, 0.5) is 0 Å². The molecule has 10 rings (SSSR count). The molecule has 5 fully saturated rings. The SMILES string of the molecule is C=N/C=C(\NCC1CCCN1)c1ccc(C2=C3C4CCC(C4)C3C(c3ccc4nc(C5CCCN5)[nH]c4c3)C=C2)c2c1CC1(CCCC1)C2. The Kier molecular flexibility index (Phi) is 7.49. The molecule has 6 atom stereocenters. The summed E-state index contributed by atoms with van der Waals surface area (Å²) in [5.41, 5.74) is 14.8. The van der Waals surface area contributed by atoms with E-state index in [1.165, 1.54) is 106 Å². The maximum atomic E-state index is 5.00. The number of hydrogen-bond acceptors (Lipinski definition) is 5. The minimum Gasteiger partial charge on any atom is -0.382 e. The number of aromatic nitrogens is 2. The van der Waals surface area contributed by atoms with Gasteiger partial charge < -0.3 is 20.9 Å². The maximum absolute atomic E-state index is 5.00. The molecule has 3 aromatic rings. The molecule has 4 N–H and O–H groups in total. The van der Waals surface area contributed by atoms with Crippen molar-refractivity contribution in [2.24, 2.45) is 28.2 Å². The third kappa shape index (κ3) is 5.11. The minimum atomic E-state index is 0.365. The van der Waals surface area contributed by atoms with Crippen LogP contribution in [-0.2, 0) is 12.8 Å². The zero-order chi connectivity index (χ0) is 32.5. The van der Waals surface area contributed by atoms with Crippen molar-refractivity contribution in [3.8, 4) is 0 Å². The van der Waals surface area contributed by atoms with Gasteiger partial charge in [0.2, 0.25) is 0 Å². The summed E-state index contributed by atoms with van der Waals surface area (Å²) in [6.07, 6.45) is 24.1. The number of H-pyrrole nitrogens is 1. The molecule has 3 heterocycles. The molecule has 6 unspecified atom stereocenters. The van der Waals surface area contributed by atoms with E-state index in [1.54, 1.807) is 22.3 Å². The fourth-order valence-corrected chi connectivity index (χ4v) is 11.7. The van der Waals surface area contributed by atoms with Crippen molar-refractivity contribution < 1.29 is 0 Å². The Morgan fingerprint density at radius 2 is 1.86 bits per heavy atom. The van der Waals surface area contributed by atoms with Gasteiger partial charge in [-0.2, -0.15) is 0 Å². The Balaban J connectivity index is 1.03. The van der Waals surface area contributed by atoms with Crippen LogP contribution in [0.5, 0.6) is 0 Å². The van der Waals surface area contributed by atoms with Crippen molar-refractivity contribution in [2.45, 2.75) is 101 Å². The molecule has 2 aromatic carbocycles. The predicted octanol–water partition coefficient (Wildman–Crippen LogP) is 8.14. The lowest BCUT2D eigenvalue weighted by atomic mass is 9.68. The Morgan fingerprint density at radius 3 is 2.69 bits per heavy atom. The lowest BCUT2D eigenvalue weighted by Crippen LogP contribution is -2.33. The van der Waals surface area contributed by atoms with Gasteiger partial charge >= 0.3 is 0 Å². The van der Waals surface area contributed by atoms with E-state index in [9.17, 15) is 0 Å². The highest BCUT2D eigenvalue weighted by Gasteiger charge is 2.50. The normalized spacial score (nSPS) is 31.4. The number of nitrogens with zero attached hydrogens (tertiary/aromatic N) is 2. The van der Waals surface area contributed by atoms with Gasteiger partial charge in [0.25, 0.3) is 0 Å². The summed E-state index contributed by atoms with van der Waals surface area (Å²) in [6, 6.07) is 12.9. The van der Waals surface area contributed by atoms with Crippen molar-refractivity contribution in [2.75, 3.05) is 19.6 Å². The van der Waals surface area contributed by atoms with E-state index in [4.69, 9.17) is 4.98 Å². The van der Waals surface area contributed by atoms with Gasteiger partial charge in [-0.25, -0.2) is 4.98 Å². The van der Waals surface area contributed by atoms with Crippen molar-refractivity contribution in [3.05, 3.63) is 87.9 Å². The molecule has 1 aromatic heterocycles. The number of fused-ring (bicyclic) bond motifs is 7. The van der Waals surface area contributed by atoms with Crippen LogP contribution in [0.3, 0.4) is 0 Å². The topological polar surface area (TPSA) is 77.1 Å². The quantitative estimate of drug-likeness (QED) is 0.185. The zero-order valence-corrected chi connectivity index (χ0v) is 29.0. The molecule has 2 aliphatic heterocycles. The lowest BCUT2D eigenvalue weighted by molar-refractivity contribution is 0.317. The molecule has 6 nitrogen and oxygen atoms in total. The third-order valence-corrected chi connectivity index (χ3v) is 13.9. The molecule has 0 radical (unpaired) electrons. The molecule has 0 amide bonds. The number of benzene rings is 2. The highest BCUT2D eigenvalue weighted by Crippen LogP contribution is 2.61. The van der Waals surface area contributed by atoms with E-state index in [0.29, 0.717) is 29.3 Å². The number of rotatable bonds is 8. The Labute approximate surface area is 291 Å². The summed E-state index contributed by atoms with van der Waals surface area (Å²) in [6.45, 7) is 7.04. The van der Waals surface area contributed by atoms with E-state index in [-0.39, 0.29) is 0 Å². The average molecular weight is 653 g/mol. The Morgan fingerprint density at radius 1 is 0.980 bits per heavy atom. The highest BCUT2D eigenvalue weighted by molar-refractivity contribution is 5.85. The van der Waals surface area contributed by atoms with Crippen LogP contribution in [0.1, 0.15) is 116 Å². The van der Waals surface area contributed by atoms with Gasteiger partial charge in [-0.05, 0) is 154 Å². The monoisotopic (exact) mass is 652 g/mol. The molecule has 2 bridgehead atoms. The van der Waals surface area contributed by atoms with E-state index < -0.39 is 0 Å². The first-order valence-corrected chi connectivity index (χ1v) is 19.6. The first-order chi connectivity index (χ1) is 24.2. The summed E-state index contributed by atoms with van der Waals surface area (Å²) in [5.74, 6) is 3.66. The molecular weight excluding hydrogens is 601 g/mol. The molecule has 2 saturated heterocycles. The van der Waals surface area contributed by atoms with Gasteiger partial charge in [0.1, 0.15) is 5.82 Å². The molecule has 1 spiro atoms. The molecule has 6 heteroatoms. The Hall–Kier alpha value is -3.48. The first kappa shape index (κ1) is 30.4. The number of nitrogens with one attached hydrogen (secondary N) is 4. The number of allylic oxidation sites excluding steroid dienone is 4. The maximum Gasteiger partial charge on any atom is 0.124 e. The van der Waals surface area contributed by atoms with Crippen LogP contribution < -0.4 is 16.0 Å². The van der Waals surface area contributed by atoms with Crippen LogP contribution in [0.2, 0.25) is 0 Å². The van der Waals surface area contributed by atoms with Crippen molar-refractivity contribution in [1.29, 1.82) is 0 Å². The second kappa shape index (κ2) is 12.1. The van der Waals surface area contributed by atoms with Crippen LogP contribution in [-0.4, -0.2) is 42.4 Å². The fraction of sp³-hybridized carbons (Fsp3) is 0.535. The second-order valence-electron chi connectivity index (χ2n) is 16.7. The van der Waals surface area contributed by atoms with Gasteiger partial charge in [0.15, 0.2) is 0 Å². The second-order valence-corrected chi connectivity index (χ2v) is 16.7. The number of imidazole rings is 1. The zero-order valence-electron chi connectivity index (χ0n) is 29.0. The van der Waals surface area contributed by atoms with E-state index in [2.05, 4.69) is 75.1 Å². The fourth-order valence-electron chi connectivity index (χ4n) is 11.7. The standard InChI is InChI=1S/C43H52N6/c1-44-25-39(47-24-29-6-4-18-45-29)32-13-12-31(34-22-43(23-35(32)34)16-2-3-17-43)33-14-11-30(40-27-8-9-28(20-27)41(33)40)26-10-15-36-38(21-26)49-42(48-36)37-7-5-19-46-37/h10-15,21,25,27-30,37,40,45-47H,1-9,16-20,22-24H2,(H,48,49)/b39-25-. The van der Waals surface area contributed by atoms with Crippen LogP contribution in [0.15, 0.2) is 59.2 Å². The first-order valence-electron chi connectivity index (χ1n) is 19.6. The summed E-state index contributed by atoms with van der Waals surface area (Å²) in [4.78, 5) is 13.0. The summed E-state index contributed by atoms with van der Waals surface area (Å²) in [7, 11) is 0. The van der Waals surface area contributed by atoms with Gasteiger partial charge in [0.05, 0.1) is 22.8 Å². The van der Waals surface area contributed by atoms with Gasteiger partial charge in [-0.3, -0.25) is 4.99 Å². The smallest absolute Gasteiger partial charge is 0.124 e. The van der Waals surface area contributed by atoms with Crippen molar-refractivity contribution in [3.63, 3.8) is 0 Å². The van der Waals surface area contributed by atoms with Crippen LogP contribution in [0.25, 0.3) is 22.3 Å². The number of aliphatic imine (C=N–C) groups is 1. The number of hydrogen-bond donors (Lipinski definition) is 4. The minimum absolute atomic E-state index is 0.365. The van der Waals surface area contributed by atoms with Crippen molar-refractivity contribution in [1.82, 2.24) is 25.9 Å². The number of aromatic amines is 1. The highest BCUT2D eigenvalue weighted by atomic mass is 15.0. The van der Waals surface area contributed by atoms with E-state index in [1.807, 2.05) is 6.20 Å². The van der Waals surface area contributed by atoms with Gasteiger partial charge in [0, 0.05) is 30.3 Å². The summed E-state index contributed by atoms with van der Waals surface area (Å²) >= 11 is 0. The molecule has 3 saturated carbocycles. The molecule has 7 aliphatic rings.